The second kappa shape index (κ2) is 7.24. The minimum Gasteiger partial charge on any atom is -0.316 e. The summed E-state index contributed by atoms with van der Waals surface area (Å²) in [4.78, 5) is 5.33. The smallest absolute Gasteiger partial charge is 0.0156 e. The van der Waals surface area contributed by atoms with Crippen LogP contribution in [0.2, 0.25) is 0 Å². The average molecular weight is 281 g/mol. The molecule has 1 N–H and O–H groups in total. The molecule has 0 aromatic rings. The van der Waals surface area contributed by atoms with E-state index in [1.807, 2.05) is 0 Å². The Bertz CT molecular complexity index is 282. The van der Waals surface area contributed by atoms with Crippen LogP contribution in [-0.4, -0.2) is 62.2 Å². The van der Waals surface area contributed by atoms with Gasteiger partial charge in [0.05, 0.1) is 0 Å². The van der Waals surface area contributed by atoms with Crippen LogP contribution >= 0.6 is 0 Å². The van der Waals surface area contributed by atoms with E-state index in [1.165, 1.54) is 65.0 Å². The zero-order chi connectivity index (χ0) is 14.6. The second-order valence-corrected chi connectivity index (χ2v) is 7.55. The van der Waals surface area contributed by atoms with E-state index in [9.17, 15) is 0 Å². The van der Waals surface area contributed by atoms with Crippen LogP contribution in [-0.2, 0) is 0 Å². The number of hydrogen-bond acceptors (Lipinski definition) is 3. The summed E-state index contributed by atoms with van der Waals surface area (Å²) in [7, 11) is 2.16. The molecule has 1 heterocycles. The van der Waals surface area contributed by atoms with Gasteiger partial charge in [-0.3, -0.25) is 0 Å². The van der Waals surface area contributed by atoms with Gasteiger partial charge in [0.2, 0.25) is 0 Å². The fourth-order valence-corrected chi connectivity index (χ4v) is 4.45. The molecule has 1 aliphatic heterocycles. The Morgan fingerprint density at radius 1 is 1.10 bits per heavy atom. The molecule has 0 radical (unpaired) electrons. The van der Waals surface area contributed by atoms with Crippen molar-refractivity contribution in [1.82, 2.24) is 15.1 Å². The van der Waals surface area contributed by atoms with Gasteiger partial charge in [0.25, 0.3) is 0 Å². The third kappa shape index (κ3) is 3.96. The molecule has 0 bridgehead atoms. The number of nitrogens with one attached hydrogen (secondary N) is 1. The van der Waals surface area contributed by atoms with Crippen molar-refractivity contribution in [2.45, 2.75) is 52.5 Å². The molecular formula is C17H35N3. The van der Waals surface area contributed by atoms with Gasteiger partial charge in [-0.2, -0.15) is 0 Å². The highest BCUT2D eigenvalue weighted by Crippen LogP contribution is 2.39. The highest BCUT2D eigenvalue weighted by Gasteiger charge is 2.38. The van der Waals surface area contributed by atoms with Gasteiger partial charge >= 0.3 is 0 Å². The molecule has 118 valence electrons. The first-order chi connectivity index (χ1) is 9.56. The number of nitrogens with zero attached hydrogens (tertiary/aromatic N) is 2. The summed E-state index contributed by atoms with van der Waals surface area (Å²) >= 11 is 0. The zero-order valence-electron chi connectivity index (χ0n) is 14.1. The lowest BCUT2D eigenvalue weighted by atomic mass is 9.68. The molecule has 0 aromatic heterocycles. The Morgan fingerprint density at radius 2 is 1.75 bits per heavy atom. The quantitative estimate of drug-likeness (QED) is 0.835. The Balaban J connectivity index is 1.83. The fourth-order valence-electron chi connectivity index (χ4n) is 4.45. The summed E-state index contributed by atoms with van der Waals surface area (Å²) in [6.45, 7) is 14.8. The van der Waals surface area contributed by atoms with E-state index in [4.69, 9.17) is 0 Å². The Morgan fingerprint density at radius 3 is 2.35 bits per heavy atom. The molecule has 2 unspecified atom stereocenters. The zero-order valence-corrected chi connectivity index (χ0v) is 14.1. The van der Waals surface area contributed by atoms with Gasteiger partial charge in [-0.15, -0.1) is 0 Å². The van der Waals surface area contributed by atoms with Crippen LogP contribution in [0.25, 0.3) is 0 Å². The molecule has 3 nitrogen and oxygen atoms in total. The Hall–Kier alpha value is -0.120. The third-order valence-electron chi connectivity index (χ3n) is 5.52. The minimum atomic E-state index is 0.460. The van der Waals surface area contributed by atoms with Crippen molar-refractivity contribution in [2.75, 3.05) is 46.3 Å². The number of hydrogen-bond donors (Lipinski definition) is 1. The van der Waals surface area contributed by atoms with E-state index in [-0.39, 0.29) is 0 Å². The van der Waals surface area contributed by atoms with Crippen LogP contribution in [0.1, 0.15) is 46.5 Å². The maximum absolute atomic E-state index is 3.63. The lowest BCUT2D eigenvalue weighted by Gasteiger charge is -2.46. The number of piperazine rings is 1. The highest BCUT2D eigenvalue weighted by atomic mass is 15.3. The maximum atomic E-state index is 3.63. The van der Waals surface area contributed by atoms with Crippen molar-refractivity contribution in [3.63, 3.8) is 0 Å². The molecule has 2 atom stereocenters. The van der Waals surface area contributed by atoms with Crippen molar-refractivity contribution in [1.29, 1.82) is 0 Å². The van der Waals surface area contributed by atoms with E-state index in [0.717, 1.165) is 5.92 Å². The van der Waals surface area contributed by atoms with Gasteiger partial charge < -0.3 is 15.1 Å². The van der Waals surface area contributed by atoms with Gasteiger partial charge in [-0.05, 0) is 44.2 Å². The molecule has 1 aliphatic carbocycles. The molecule has 20 heavy (non-hydrogen) atoms. The molecule has 1 saturated carbocycles. The van der Waals surface area contributed by atoms with Crippen molar-refractivity contribution in [2.24, 2.45) is 11.3 Å². The van der Waals surface area contributed by atoms with Gasteiger partial charge in [-0.1, -0.05) is 27.2 Å². The normalized spacial score (nSPS) is 32.4. The predicted molar refractivity (Wildman–Crippen MR) is 87.1 cm³/mol. The largest absolute Gasteiger partial charge is 0.316 e. The molecule has 0 aromatic carbocycles. The average Bonchev–Trinajstić information content (AvgIpc) is 2.41. The molecule has 3 heteroatoms. The van der Waals surface area contributed by atoms with Crippen LogP contribution in [0.4, 0.5) is 0 Å². The maximum Gasteiger partial charge on any atom is 0.0156 e. The van der Waals surface area contributed by atoms with Crippen LogP contribution in [0.5, 0.6) is 0 Å². The molecule has 2 fully saturated rings. The monoisotopic (exact) mass is 281 g/mol. The molecule has 0 amide bonds. The van der Waals surface area contributed by atoms with Gasteiger partial charge in [0, 0.05) is 38.8 Å². The van der Waals surface area contributed by atoms with Gasteiger partial charge in [0.1, 0.15) is 0 Å². The van der Waals surface area contributed by atoms with Crippen LogP contribution in [0.15, 0.2) is 0 Å². The van der Waals surface area contributed by atoms with Crippen molar-refractivity contribution < 1.29 is 0 Å². The summed E-state index contributed by atoms with van der Waals surface area (Å²) < 4.78 is 0. The van der Waals surface area contributed by atoms with Gasteiger partial charge in [0.15, 0.2) is 0 Å². The summed E-state index contributed by atoms with van der Waals surface area (Å²) in [5.74, 6) is 0.835. The van der Waals surface area contributed by atoms with E-state index in [2.05, 4.69) is 42.9 Å². The van der Waals surface area contributed by atoms with Crippen molar-refractivity contribution in [3.8, 4) is 0 Å². The SMILES string of the molecule is CCCN1CCN(CC2CCCC(C)(C)C2NC)CC1. The Labute approximate surface area is 126 Å². The van der Waals surface area contributed by atoms with E-state index >= 15 is 0 Å². The number of rotatable bonds is 5. The molecule has 2 rings (SSSR count). The van der Waals surface area contributed by atoms with E-state index in [0.29, 0.717) is 11.5 Å². The van der Waals surface area contributed by atoms with Gasteiger partial charge in [-0.25, -0.2) is 0 Å². The molecule has 0 spiro atoms. The van der Waals surface area contributed by atoms with E-state index in [1.54, 1.807) is 0 Å². The molecular weight excluding hydrogens is 246 g/mol. The lowest BCUT2D eigenvalue weighted by Crippen LogP contribution is -2.54. The standard InChI is InChI=1S/C17H35N3/c1-5-9-19-10-12-20(13-11-19)14-15-7-6-8-17(2,3)16(15)18-4/h15-16,18H,5-14H2,1-4H3. The van der Waals surface area contributed by atoms with Crippen LogP contribution in [0.3, 0.4) is 0 Å². The van der Waals surface area contributed by atoms with Crippen LogP contribution in [0, 0.1) is 11.3 Å². The fraction of sp³-hybridized carbons (Fsp3) is 1.00. The highest BCUT2D eigenvalue weighted by molar-refractivity contribution is 4.94. The first-order valence-corrected chi connectivity index (χ1v) is 8.69. The first-order valence-electron chi connectivity index (χ1n) is 8.69. The summed E-state index contributed by atoms with van der Waals surface area (Å²) in [6, 6.07) is 0.685. The van der Waals surface area contributed by atoms with Crippen LogP contribution < -0.4 is 5.32 Å². The molecule has 2 aliphatic rings. The van der Waals surface area contributed by atoms with E-state index < -0.39 is 0 Å². The summed E-state index contributed by atoms with van der Waals surface area (Å²) in [6.07, 6.45) is 5.48. The molecule has 1 saturated heterocycles. The lowest BCUT2D eigenvalue weighted by molar-refractivity contribution is 0.0606. The van der Waals surface area contributed by atoms with Crippen molar-refractivity contribution in [3.05, 3.63) is 0 Å². The summed E-state index contributed by atoms with van der Waals surface area (Å²) in [5, 5.41) is 3.63. The summed E-state index contributed by atoms with van der Waals surface area (Å²) in [5.41, 5.74) is 0.460. The Kier molecular flexibility index (Phi) is 5.88. The first kappa shape index (κ1) is 16.3. The minimum absolute atomic E-state index is 0.460. The van der Waals surface area contributed by atoms with Crippen molar-refractivity contribution >= 4 is 0 Å². The third-order valence-corrected chi connectivity index (χ3v) is 5.52. The second-order valence-electron chi connectivity index (χ2n) is 7.55. The predicted octanol–water partition coefficient (Wildman–Crippen LogP) is 2.43. The topological polar surface area (TPSA) is 18.5 Å².